The van der Waals surface area contributed by atoms with Gasteiger partial charge in [0.2, 0.25) is 0 Å². The van der Waals surface area contributed by atoms with Gasteiger partial charge in [-0.05, 0) is 30.5 Å². The Labute approximate surface area is 200 Å². The van der Waals surface area contributed by atoms with Gasteiger partial charge in [-0.3, -0.25) is 4.68 Å². The van der Waals surface area contributed by atoms with Crippen LogP contribution in [0.5, 0.6) is 0 Å². The maximum Gasteiger partial charge on any atom is 0.191 e. The van der Waals surface area contributed by atoms with Crippen LogP contribution >= 0.6 is 24.0 Å². The minimum Gasteiger partial charge on any atom is -0.361 e. The summed E-state index contributed by atoms with van der Waals surface area (Å²) in [5.74, 6) is 0.827. The molecule has 7 heteroatoms. The average molecular weight is 528 g/mol. The molecule has 0 aliphatic rings. The number of hydrogen-bond donors (Lipinski definition) is 3. The van der Waals surface area contributed by atoms with E-state index in [2.05, 4.69) is 88.6 Å². The van der Waals surface area contributed by atoms with E-state index in [4.69, 9.17) is 4.99 Å². The van der Waals surface area contributed by atoms with Gasteiger partial charge in [0, 0.05) is 41.9 Å². The molecule has 0 unspecified atom stereocenters. The highest BCUT2D eigenvalue weighted by Crippen LogP contribution is 2.17. The molecule has 0 fully saturated rings. The molecular formula is C24H29IN6. The van der Waals surface area contributed by atoms with E-state index < -0.39 is 0 Å². The first kappa shape index (κ1) is 22.9. The summed E-state index contributed by atoms with van der Waals surface area (Å²) in [7, 11) is 0. The van der Waals surface area contributed by atoms with Gasteiger partial charge in [0.1, 0.15) is 0 Å². The molecule has 2 aromatic carbocycles. The van der Waals surface area contributed by atoms with Crippen LogP contribution in [0.2, 0.25) is 0 Å². The Hall–Kier alpha value is -2.81. The van der Waals surface area contributed by atoms with Crippen LogP contribution in [0.1, 0.15) is 23.6 Å². The van der Waals surface area contributed by atoms with Crippen LogP contribution < -0.4 is 10.6 Å². The Morgan fingerprint density at radius 3 is 2.68 bits per heavy atom. The maximum absolute atomic E-state index is 4.72. The van der Waals surface area contributed by atoms with Crippen molar-refractivity contribution in [3.63, 3.8) is 0 Å². The smallest absolute Gasteiger partial charge is 0.191 e. The first-order chi connectivity index (χ1) is 14.8. The summed E-state index contributed by atoms with van der Waals surface area (Å²) in [6, 6.07) is 18.8. The van der Waals surface area contributed by atoms with E-state index in [1.165, 1.54) is 22.0 Å². The maximum atomic E-state index is 4.72. The topological polar surface area (TPSA) is 70.0 Å². The molecule has 162 valence electrons. The van der Waals surface area contributed by atoms with Gasteiger partial charge in [-0.1, -0.05) is 48.5 Å². The highest BCUT2D eigenvalue weighted by Gasteiger charge is 2.04. The molecule has 0 radical (unpaired) electrons. The van der Waals surface area contributed by atoms with Crippen LogP contribution in [0.4, 0.5) is 0 Å². The number of benzene rings is 2. The zero-order valence-corrected chi connectivity index (χ0v) is 20.0. The van der Waals surface area contributed by atoms with E-state index in [1.54, 1.807) is 0 Å². The number of aliphatic imine (C=N–C) groups is 1. The highest BCUT2D eigenvalue weighted by molar-refractivity contribution is 14.0. The van der Waals surface area contributed by atoms with Crippen LogP contribution in [-0.4, -0.2) is 33.8 Å². The van der Waals surface area contributed by atoms with Crippen LogP contribution in [0.15, 0.2) is 78.2 Å². The predicted octanol–water partition coefficient (Wildman–Crippen LogP) is 4.33. The third-order valence-corrected chi connectivity index (χ3v) is 5.00. The molecule has 0 atom stereocenters. The molecule has 0 aliphatic carbocycles. The molecule has 4 aromatic rings. The Kier molecular flexibility index (Phi) is 8.52. The molecule has 0 saturated heterocycles. The van der Waals surface area contributed by atoms with Gasteiger partial charge < -0.3 is 15.6 Å². The summed E-state index contributed by atoms with van der Waals surface area (Å²) in [6.45, 7) is 5.09. The zero-order valence-electron chi connectivity index (χ0n) is 17.7. The van der Waals surface area contributed by atoms with E-state index in [0.717, 1.165) is 37.6 Å². The quantitative estimate of drug-likeness (QED) is 0.181. The van der Waals surface area contributed by atoms with Crippen molar-refractivity contribution in [1.82, 2.24) is 25.4 Å². The molecule has 6 nitrogen and oxygen atoms in total. The summed E-state index contributed by atoms with van der Waals surface area (Å²) >= 11 is 0. The molecular weight excluding hydrogens is 499 g/mol. The lowest BCUT2D eigenvalue weighted by Crippen LogP contribution is -2.38. The second-order valence-electron chi connectivity index (χ2n) is 7.26. The zero-order chi connectivity index (χ0) is 20.6. The number of nitrogens with zero attached hydrogens (tertiary/aromatic N) is 3. The fraction of sp³-hybridized carbons (Fsp3) is 0.250. The summed E-state index contributed by atoms with van der Waals surface area (Å²) in [6.07, 6.45) is 6.98. The molecule has 0 spiro atoms. The molecule has 0 aliphatic heterocycles. The Bertz CT molecular complexity index is 1100. The van der Waals surface area contributed by atoms with E-state index in [-0.39, 0.29) is 24.0 Å². The predicted molar refractivity (Wildman–Crippen MR) is 138 cm³/mol. The van der Waals surface area contributed by atoms with Crippen molar-refractivity contribution in [3.8, 4) is 0 Å². The van der Waals surface area contributed by atoms with E-state index in [0.29, 0.717) is 6.54 Å². The number of rotatable bonds is 8. The van der Waals surface area contributed by atoms with Crippen molar-refractivity contribution in [2.75, 3.05) is 13.1 Å². The summed E-state index contributed by atoms with van der Waals surface area (Å²) in [5, 5.41) is 12.5. The lowest BCUT2D eigenvalue weighted by molar-refractivity contribution is 0.686. The van der Waals surface area contributed by atoms with Gasteiger partial charge in [0.25, 0.3) is 0 Å². The van der Waals surface area contributed by atoms with Crippen LogP contribution in [0.3, 0.4) is 0 Å². The minimum atomic E-state index is 0. The van der Waals surface area contributed by atoms with Gasteiger partial charge in [-0.2, -0.15) is 5.10 Å². The minimum absolute atomic E-state index is 0. The molecule has 4 rings (SSSR count). The van der Waals surface area contributed by atoms with Crippen molar-refractivity contribution in [2.45, 2.75) is 26.4 Å². The van der Waals surface area contributed by atoms with Gasteiger partial charge in [-0.15, -0.1) is 24.0 Å². The molecule has 2 heterocycles. The fourth-order valence-corrected chi connectivity index (χ4v) is 3.51. The van der Waals surface area contributed by atoms with Crippen molar-refractivity contribution in [3.05, 3.63) is 89.9 Å². The Balaban J connectivity index is 0.00000272. The summed E-state index contributed by atoms with van der Waals surface area (Å²) < 4.78 is 1.96. The number of para-hydroxylation sites is 1. The SMILES string of the molecule is CCNC(=NCc1cnn(Cc2ccccc2)c1)NCCc1c[nH]c2ccccc12.I. The monoisotopic (exact) mass is 528 g/mol. The average Bonchev–Trinajstić information content (AvgIpc) is 3.40. The summed E-state index contributed by atoms with van der Waals surface area (Å²) in [5.41, 5.74) is 4.83. The number of hydrogen-bond acceptors (Lipinski definition) is 2. The highest BCUT2D eigenvalue weighted by atomic mass is 127. The van der Waals surface area contributed by atoms with Crippen LogP contribution in [0, 0.1) is 0 Å². The van der Waals surface area contributed by atoms with Crippen molar-refractivity contribution >= 4 is 40.8 Å². The van der Waals surface area contributed by atoms with E-state index >= 15 is 0 Å². The van der Waals surface area contributed by atoms with Crippen molar-refractivity contribution in [1.29, 1.82) is 0 Å². The fourth-order valence-electron chi connectivity index (χ4n) is 3.51. The first-order valence-electron chi connectivity index (χ1n) is 10.4. The molecule has 31 heavy (non-hydrogen) atoms. The van der Waals surface area contributed by atoms with E-state index in [9.17, 15) is 0 Å². The third-order valence-electron chi connectivity index (χ3n) is 5.00. The standard InChI is InChI=1S/C24H28N6.HI/c1-2-25-24(26-13-12-21-16-27-23-11-7-6-10-22(21)23)28-14-20-15-29-30(18-20)17-19-8-4-3-5-9-19;/h3-11,15-16,18,27H,2,12-14,17H2,1H3,(H2,25,26,28);1H. The first-order valence-corrected chi connectivity index (χ1v) is 10.4. The summed E-state index contributed by atoms with van der Waals surface area (Å²) in [4.78, 5) is 8.05. The van der Waals surface area contributed by atoms with Crippen molar-refractivity contribution in [2.24, 2.45) is 4.99 Å². The number of fused-ring (bicyclic) bond motifs is 1. The lowest BCUT2D eigenvalue weighted by atomic mass is 10.1. The number of aromatic amines is 1. The number of halogens is 1. The molecule has 0 amide bonds. The number of nitrogens with one attached hydrogen (secondary N) is 3. The normalized spacial score (nSPS) is 11.3. The van der Waals surface area contributed by atoms with Gasteiger partial charge in [0.05, 0.1) is 19.3 Å². The van der Waals surface area contributed by atoms with Crippen LogP contribution in [-0.2, 0) is 19.5 Å². The van der Waals surface area contributed by atoms with Gasteiger partial charge in [0.15, 0.2) is 5.96 Å². The van der Waals surface area contributed by atoms with E-state index in [1.807, 2.05) is 16.9 Å². The van der Waals surface area contributed by atoms with Crippen LogP contribution in [0.25, 0.3) is 10.9 Å². The van der Waals surface area contributed by atoms with Crippen molar-refractivity contribution < 1.29 is 0 Å². The number of guanidine groups is 1. The number of aromatic nitrogens is 3. The molecule has 3 N–H and O–H groups in total. The molecule has 0 bridgehead atoms. The Morgan fingerprint density at radius 2 is 1.84 bits per heavy atom. The van der Waals surface area contributed by atoms with Gasteiger partial charge >= 0.3 is 0 Å². The number of H-pyrrole nitrogens is 1. The second kappa shape index (κ2) is 11.5. The third kappa shape index (κ3) is 6.33. The Morgan fingerprint density at radius 1 is 1.03 bits per heavy atom. The molecule has 0 saturated carbocycles. The molecule has 2 aromatic heterocycles. The largest absolute Gasteiger partial charge is 0.361 e. The lowest BCUT2D eigenvalue weighted by Gasteiger charge is -2.10. The second-order valence-corrected chi connectivity index (χ2v) is 7.26. The van der Waals surface area contributed by atoms with Gasteiger partial charge in [-0.25, -0.2) is 4.99 Å².